The summed E-state index contributed by atoms with van der Waals surface area (Å²) < 4.78 is 4.92. The van der Waals surface area contributed by atoms with E-state index in [9.17, 15) is 19.2 Å². The lowest BCUT2D eigenvalue weighted by Gasteiger charge is -2.61. The second-order valence-corrected chi connectivity index (χ2v) is 7.58. The molecular formula is C17H18O5. The SMILES string of the molecule is CC1=C(C)C2(C)C3C(=O)CC(=O)C3C1(C)C1C(=O)OC(=O)C12. The van der Waals surface area contributed by atoms with E-state index in [0.717, 1.165) is 11.1 Å². The fourth-order valence-corrected chi connectivity index (χ4v) is 5.93. The van der Waals surface area contributed by atoms with Crippen LogP contribution < -0.4 is 0 Å². The average Bonchev–Trinajstić information content (AvgIpc) is 2.91. The van der Waals surface area contributed by atoms with E-state index in [2.05, 4.69) is 0 Å². The molecule has 1 saturated heterocycles. The van der Waals surface area contributed by atoms with Crippen LogP contribution in [0.25, 0.3) is 0 Å². The highest BCUT2D eigenvalue weighted by Gasteiger charge is 2.77. The first-order valence-electron chi connectivity index (χ1n) is 7.66. The maximum atomic E-state index is 12.5. The largest absolute Gasteiger partial charge is 0.393 e. The van der Waals surface area contributed by atoms with E-state index in [0.29, 0.717) is 0 Å². The Morgan fingerprint density at radius 1 is 0.773 bits per heavy atom. The van der Waals surface area contributed by atoms with Gasteiger partial charge in [0.25, 0.3) is 0 Å². The molecule has 2 saturated carbocycles. The van der Waals surface area contributed by atoms with E-state index in [1.807, 2.05) is 27.7 Å². The van der Waals surface area contributed by atoms with Crippen LogP contribution in [0.1, 0.15) is 34.1 Å². The van der Waals surface area contributed by atoms with Crippen LogP contribution in [0.5, 0.6) is 0 Å². The fourth-order valence-electron chi connectivity index (χ4n) is 5.93. The van der Waals surface area contributed by atoms with Gasteiger partial charge in [-0.3, -0.25) is 19.2 Å². The quantitative estimate of drug-likeness (QED) is 0.384. The Balaban J connectivity index is 2.10. The average molecular weight is 302 g/mol. The van der Waals surface area contributed by atoms with Crippen molar-refractivity contribution in [3.05, 3.63) is 11.1 Å². The van der Waals surface area contributed by atoms with Crippen LogP contribution in [-0.4, -0.2) is 23.5 Å². The summed E-state index contributed by atoms with van der Waals surface area (Å²) in [4.78, 5) is 49.7. The van der Waals surface area contributed by atoms with Gasteiger partial charge in [0.2, 0.25) is 0 Å². The summed E-state index contributed by atoms with van der Waals surface area (Å²) in [5, 5.41) is 0. The zero-order valence-electron chi connectivity index (χ0n) is 13.1. The molecule has 5 nitrogen and oxygen atoms in total. The lowest BCUT2D eigenvalue weighted by molar-refractivity contribution is -0.158. The van der Waals surface area contributed by atoms with Gasteiger partial charge >= 0.3 is 11.9 Å². The molecule has 2 bridgehead atoms. The fraction of sp³-hybridized carbons (Fsp3) is 0.647. The molecule has 5 rings (SSSR count). The molecule has 5 heteroatoms. The predicted octanol–water partition coefficient (Wildman–Crippen LogP) is 1.45. The second kappa shape index (κ2) is 3.58. The van der Waals surface area contributed by atoms with Crippen LogP contribution in [0.4, 0.5) is 0 Å². The van der Waals surface area contributed by atoms with Crippen molar-refractivity contribution in [1.29, 1.82) is 0 Å². The van der Waals surface area contributed by atoms with Crippen LogP contribution in [0.2, 0.25) is 0 Å². The van der Waals surface area contributed by atoms with Crippen molar-refractivity contribution >= 4 is 23.5 Å². The molecule has 6 atom stereocenters. The van der Waals surface area contributed by atoms with Gasteiger partial charge in [0.1, 0.15) is 11.6 Å². The van der Waals surface area contributed by atoms with Crippen molar-refractivity contribution in [3.63, 3.8) is 0 Å². The summed E-state index contributed by atoms with van der Waals surface area (Å²) >= 11 is 0. The Hall–Kier alpha value is -1.78. The Bertz CT molecular complexity index is 613. The normalized spacial score (nSPS) is 49.6. The minimum atomic E-state index is -0.788. The molecule has 3 fully saturated rings. The van der Waals surface area contributed by atoms with E-state index in [4.69, 9.17) is 4.74 Å². The first-order valence-corrected chi connectivity index (χ1v) is 7.66. The first kappa shape index (κ1) is 13.9. The van der Waals surface area contributed by atoms with Gasteiger partial charge in [-0.1, -0.05) is 25.0 Å². The highest BCUT2D eigenvalue weighted by Crippen LogP contribution is 2.72. The minimum Gasteiger partial charge on any atom is -0.393 e. The number of rotatable bonds is 0. The third-order valence-corrected chi connectivity index (χ3v) is 7.18. The van der Waals surface area contributed by atoms with Crippen molar-refractivity contribution in [2.24, 2.45) is 34.5 Å². The zero-order chi connectivity index (χ0) is 16.2. The Labute approximate surface area is 128 Å². The van der Waals surface area contributed by atoms with E-state index in [1.165, 1.54) is 0 Å². The summed E-state index contributed by atoms with van der Waals surface area (Å²) in [6, 6.07) is 0. The maximum absolute atomic E-state index is 12.5. The van der Waals surface area contributed by atoms with Gasteiger partial charge < -0.3 is 4.74 Å². The summed E-state index contributed by atoms with van der Waals surface area (Å²) in [5.74, 6) is -3.58. The van der Waals surface area contributed by atoms with Crippen molar-refractivity contribution in [1.82, 2.24) is 0 Å². The van der Waals surface area contributed by atoms with Gasteiger partial charge in [-0.05, 0) is 13.8 Å². The second-order valence-electron chi connectivity index (χ2n) is 7.58. The molecule has 0 radical (unpaired) electrons. The summed E-state index contributed by atoms with van der Waals surface area (Å²) in [7, 11) is 0. The molecule has 0 aromatic heterocycles. The molecule has 1 heterocycles. The Kier molecular flexibility index (Phi) is 2.25. The molecule has 0 N–H and O–H groups in total. The van der Waals surface area contributed by atoms with Crippen LogP contribution in [0, 0.1) is 34.5 Å². The third-order valence-electron chi connectivity index (χ3n) is 7.18. The number of hydrogen-bond acceptors (Lipinski definition) is 5. The molecule has 0 spiro atoms. The molecule has 1 aliphatic heterocycles. The molecule has 6 unspecified atom stereocenters. The lowest BCUT2D eigenvalue weighted by Crippen LogP contribution is -2.64. The van der Waals surface area contributed by atoms with Crippen LogP contribution in [-0.2, 0) is 23.9 Å². The van der Waals surface area contributed by atoms with Crippen LogP contribution in [0.15, 0.2) is 11.1 Å². The maximum Gasteiger partial charge on any atom is 0.318 e. The van der Waals surface area contributed by atoms with Crippen molar-refractivity contribution in [2.45, 2.75) is 34.1 Å². The number of carbonyl (C=O) groups excluding carboxylic acids is 4. The van der Waals surface area contributed by atoms with Crippen molar-refractivity contribution in [3.8, 4) is 0 Å². The molecule has 0 aromatic rings. The Morgan fingerprint density at radius 2 is 1.14 bits per heavy atom. The van der Waals surface area contributed by atoms with Crippen LogP contribution >= 0.6 is 0 Å². The number of carbonyl (C=O) groups is 4. The molecule has 5 aliphatic rings. The molecule has 22 heavy (non-hydrogen) atoms. The number of ketones is 2. The highest BCUT2D eigenvalue weighted by molar-refractivity contribution is 6.12. The molecule has 0 aromatic carbocycles. The van der Waals surface area contributed by atoms with Gasteiger partial charge in [-0.25, -0.2) is 0 Å². The molecule has 4 aliphatic carbocycles. The van der Waals surface area contributed by atoms with Crippen molar-refractivity contribution in [2.75, 3.05) is 0 Å². The van der Waals surface area contributed by atoms with Gasteiger partial charge in [0.15, 0.2) is 0 Å². The van der Waals surface area contributed by atoms with Gasteiger partial charge in [0.05, 0.1) is 18.3 Å². The number of allylic oxidation sites excluding steroid dienone is 2. The number of cyclic esters (lactones) is 2. The van der Waals surface area contributed by atoms with E-state index in [1.54, 1.807) is 0 Å². The van der Waals surface area contributed by atoms with Crippen LogP contribution in [0.3, 0.4) is 0 Å². The molecule has 0 amide bonds. The number of hydrogen-bond donors (Lipinski definition) is 0. The van der Waals surface area contributed by atoms with Gasteiger partial charge in [0, 0.05) is 22.7 Å². The smallest absolute Gasteiger partial charge is 0.318 e. The number of ether oxygens (including phenoxy) is 1. The third kappa shape index (κ3) is 1.10. The number of Topliss-reactive ketones (excluding diaryl/α,β-unsaturated/α-hetero) is 2. The zero-order valence-corrected chi connectivity index (χ0v) is 13.1. The number of esters is 2. The van der Waals surface area contributed by atoms with Gasteiger partial charge in [-0.15, -0.1) is 0 Å². The molecule has 116 valence electrons. The summed E-state index contributed by atoms with van der Waals surface area (Å²) in [6.45, 7) is 7.56. The lowest BCUT2D eigenvalue weighted by atomic mass is 9.38. The van der Waals surface area contributed by atoms with E-state index >= 15 is 0 Å². The standard InChI is InChI=1S/C17H18O5/c1-6-7(2)17(4)11-9(19)5-8(18)10(11)16(6,3)12-13(17)15(21)22-14(12)20/h10-13H,5H2,1-4H3. The highest BCUT2D eigenvalue weighted by atomic mass is 16.6. The monoisotopic (exact) mass is 302 g/mol. The first-order chi connectivity index (χ1) is 10.2. The van der Waals surface area contributed by atoms with E-state index in [-0.39, 0.29) is 18.0 Å². The van der Waals surface area contributed by atoms with Gasteiger partial charge in [-0.2, -0.15) is 0 Å². The van der Waals surface area contributed by atoms with Crippen molar-refractivity contribution < 1.29 is 23.9 Å². The molecular weight excluding hydrogens is 284 g/mol. The summed E-state index contributed by atoms with van der Waals surface area (Å²) in [5.41, 5.74) is 0.354. The Morgan fingerprint density at radius 3 is 1.50 bits per heavy atom. The minimum absolute atomic E-state index is 0.0796. The predicted molar refractivity (Wildman–Crippen MR) is 74.3 cm³/mol. The topological polar surface area (TPSA) is 77.5 Å². The summed E-state index contributed by atoms with van der Waals surface area (Å²) in [6.07, 6.45) is -0.0796. The van der Waals surface area contributed by atoms with E-state index < -0.39 is 46.4 Å².